The van der Waals surface area contributed by atoms with Crippen molar-refractivity contribution in [2.45, 2.75) is 361 Å². The molecule has 0 aliphatic rings. The molecule has 0 aliphatic heterocycles. The fourth-order valence-electron chi connectivity index (χ4n) is 10.2. The van der Waals surface area contributed by atoms with Crippen LogP contribution >= 0.6 is 0 Å². The van der Waals surface area contributed by atoms with Crippen LogP contribution in [0.5, 0.6) is 0 Å². The zero-order chi connectivity index (χ0) is 59.9. The van der Waals surface area contributed by atoms with Gasteiger partial charge in [-0.05, 0) is 103 Å². The Morgan fingerprint density at radius 3 is 0.735 bits per heavy atom. The van der Waals surface area contributed by atoms with Crippen LogP contribution in [0.2, 0.25) is 0 Å². The number of ether oxygens (including phenoxy) is 3. The molecule has 478 valence electrons. The van der Waals surface area contributed by atoms with Crippen LogP contribution in [0.1, 0.15) is 355 Å². The standard InChI is InChI=1S/C77H134O6/c1-4-7-10-13-16-19-22-24-26-28-30-32-34-36-37-38-39-41-42-44-46-48-50-52-55-58-61-64-67-70-76(79)82-73-74(72-81-75(78)69-66-63-60-57-54-21-18-15-12-9-6-3)83-77(80)71-68-65-62-59-56-53-51-49-47-45-43-40-35-33-31-29-27-25-23-20-17-14-11-8-5-2/h7,10,16,19,23-26,29-32,36-37,39,41,74H,4-6,8-9,11-15,17-18,20-22,27-28,33-35,38,40,42-73H2,1-3H3/b10-7-,19-16-,25-23-,26-24-,31-29-,32-30-,37-36-,41-39-. The maximum atomic E-state index is 13.0. The minimum atomic E-state index is -0.779. The van der Waals surface area contributed by atoms with E-state index in [1.807, 2.05) is 0 Å². The van der Waals surface area contributed by atoms with Gasteiger partial charge in [-0.3, -0.25) is 14.4 Å². The number of carbonyl (C=O) groups excluding carboxylic acids is 3. The molecule has 6 heteroatoms. The number of hydrogen-bond acceptors (Lipinski definition) is 6. The summed E-state index contributed by atoms with van der Waals surface area (Å²) in [7, 11) is 0. The normalized spacial score (nSPS) is 12.7. The van der Waals surface area contributed by atoms with Crippen molar-refractivity contribution in [2.75, 3.05) is 13.2 Å². The molecule has 0 radical (unpaired) electrons. The summed E-state index contributed by atoms with van der Waals surface area (Å²) in [5.74, 6) is -0.864. The maximum Gasteiger partial charge on any atom is 0.306 e. The van der Waals surface area contributed by atoms with Crippen LogP contribution in [0.3, 0.4) is 0 Å². The molecule has 0 aliphatic carbocycles. The van der Waals surface area contributed by atoms with Gasteiger partial charge in [0.1, 0.15) is 13.2 Å². The summed E-state index contributed by atoms with van der Waals surface area (Å²) < 4.78 is 17.0. The summed E-state index contributed by atoms with van der Waals surface area (Å²) in [6, 6.07) is 0. The van der Waals surface area contributed by atoms with Crippen LogP contribution in [0.15, 0.2) is 97.2 Å². The summed E-state index contributed by atoms with van der Waals surface area (Å²) in [6.07, 6.45) is 95.8. The van der Waals surface area contributed by atoms with Crippen LogP contribution in [0.25, 0.3) is 0 Å². The second kappa shape index (κ2) is 70.8. The Balaban J connectivity index is 4.23. The van der Waals surface area contributed by atoms with Crippen molar-refractivity contribution in [2.24, 2.45) is 0 Å². The van der Waals surface area contributed by atoms with Crippen LogP contribution < -0.4 is 0 Å². The average molecular weight is 1160 g/mol. The second-order valence-corrected chi connectivity index (χ2v) is 23.8. The summed E-state index contributed by atoms with van der Waals surface area (Å²) in [5.41, 5.74) is 0. The Bertz CT molecular complexity index is 1610. The van der Waals surface area contributed by atoms with Gasteiger partial charge in [-0.15, -0.1) is 0 Å². The van der Waals surface area contributed by atoms with E-state index < -0.39 is 6.10 Å². The lowest BCUT2D eigenvalue weighted by Gasteiger charge is -2.18. The van der Waals surface area contributed by atoms with Gasteiger partial charge in [-0.25, -0.2) is 0 Å². The van der Waals surface area contributed by atoms with Crippen molar-refractivity contribution in [3.8, 4) is 0 Å². The first-order chi connectivity index (χ1) is 41.0. The van der Waals surface area contributed by atoms with E-state index in [0.717, 1.165) is 103 Å². The van der Waals surface area contributed by atoms with E-state index in [1.54, 1.807) is 0 Å². The Morgan fingerprint density at radius 2 is 0.470 bits per heavy atom. The second-order valence-electron chi connectivity index (χ2n) is 23.8. The molecule has 0 saturated heterocycles. The van der Waals surface area contributed by atoms with Gasteiger partial charge in [0, 0.05) is 19.3 Å². The highest BCUT2D eigenvalue weighted by molar-refractivity contribution is 5.71. The molecule has 0 aromatic carbocycles. The van der Waals surface area contributed by atoms with E-state index in [-0.39, 0.29) is 31.1 Å². The number of hydrogen-bond donors (Lipinski definition) is 0. The molecular formula is C77H134O6. The molecule has 0 rings (SSSR count). The minimum Gasteiger partial charge on any atom is -0.462 e. The lowest BCUT2D eigenvalue weighted by molar-refractivity contribution is -0.167. The van der Waals surface area contributed by atoms with Gasteiger partial charge in [-0.1, -0.05) is 330 Å². The van der Waals surface area contributed by atoms with E-state index in [4.69, 9.17) is 14.2 Å². The molecule has 6 nitrogen and oxygen atoms in total. The molecule has 0 aromatic rings. The molecule has 83 heavy (non-hydrogen) atoms. The lowest BCUT2D eigenvalue weighted by atomic mass is 10.0. The van der Waals surface area contributed by atoms with E-state index in [2.05, 4.69) is 118 Å². The molecule has 1 unspecified atom stereocenters. The van der Waals surface area contributed by atoms with E-state index in [0.29, 0.717) is 19.3 Å². The maximum absolute atomic E-state index is 13.0. The van der Waals surface area contributed by atoms with Crippen molar-refractivity contribution in [1.82, 2.24) is 0 Å². The van der Waals surface area contributed by atoms with E-state index in [9.17, 15) is 14.4 Å². The van der Waals surface area contributed by atoms with Gasteiger partial charge in [0.15, 0.2) is 6.10 Å². The fraction of sp³-hybridized carbons (Fsp3) is 0.753. The van der Waals surface area contributed by atoms with Gasteiger partial charge in [-0.2, -0.15) is 0 Å². The molecule has 1 atom stereocenters. The zero-order valence-electron chi connectivity index (χ0n) is 54.9. The Kier molecular flexibility index (Phi) is 67.7. The highest BCUT2D eigenvalue weighted by Gasteiger charge is 2.19. The number of carbonyl (C=O) groups is 3. The molecular weight excluding hydrogens is 1020 g/mol. The Morgan fingerprint density at radius 1 is 0.253 bits per heavy atom. The summed E-state index contributed by atoms with van der Waals surface area (Å²) in [5, 5.41) is 0. The van der Waals surface area contributed by atoms with E-state index >= 15 is 0 Å². The lowest BCUT2D eigenvalue weighted by Crippen LogP contribution is -2.30. The van der Waals surface area contributed by atoms with Gasteiger partial charge < -0.3 is 14.2 Å². The zero-order valence-corrected chi connectivity index (χ0v) is 54.9. The van der Waals surface area contributed by atoms with Crippen molar-refractivity contribution in [3.05, 3.63) is 97.2 Å². The number of allylic oxidation sites excluding steroid dienone is 16. The van der Waals surface area contributed by atoms with Crippen molar-refractivity contribution in [1.29, 1.82) is 0 Å². The van der Waals surface area contributed by atoms with Crippen LogP contribution in [-0.4, -0.2) is 37.2 Å². The molecule has 0 bridgehead atoms. The van der Waals surface area contributed by atoms with Crippen molar-refractivity contribution < 1.29 is 28.6 Å². The molecule has 0 heterocycles. The third kappa shape index (κ3) is 69.0. The highest BCUT2D eigenvalue weighted by atomic mass is 16.6. The van der Waals surface area contributed by atoms with Gasteiger partial charge in [0.05, 0.1) is 0 Å². The molecule has 0 fully saturated rings. The van der Waals surface area contributed by atoms with Crippen LogP contribution in [-0.2, 0) is 28.6 Å². The topological polar surface area (TPSA) is 78.9 Å². The van der Waals surface area contributed by atoms with Gasteiger partial charge in [0.2, 0.25) is 0 Å². The fourth-order valence-corrected chi connectivity index (χ4v) is 10.2. The predicted molar refractivity (Wildman–Crippen MR) is 362 cm³/mol. The summed E-state index contributed by atoms with van der Waals surface area (Å²) in [6.45, 7) is 6.55. The first kappa shape index (κ1) is 79.3. The van der Waals surface area contributed by atoms with Crippen molar-refractivity contribution >= 4 is 17.9 Å². The first-order valence-corrected chi connectivity index (χ1v) is 35.7. The highest BCUT2D eigenvalue weighted by Crippen LogP contribution is 2.17. The molecule has 0 N–H and O–H groups in total. The van der Waals surface area contributed by atoms with Crippen LogP contribution in [0, 0.1) is 0 Å². The SMILES string of the molecule is CC/C=C\C/C=C\C/C=C\C/C=C\C/C=C\C/C=C\CCCCCCCCCCCCC(=O)OCC(COC(=O)CCCCCCCCCCCCC)OC(=O)CCCCCCCCCCCCCCC/C=C\C/C=C\CCCCCCC. The van der Waals surface area contributed by atoms with E-state index in [1.165, 1.54) is 212 Å². The average Bonchev–Trinajstić information content (AvgIpc) is 3.48. The molecule has 0 saturated carbocycles. The minimum absolute atomic E-state index is 0.0748. The number of esters is 3. The largest absolute Gasteiger partial charge is 0.462 e. The summed E-state index contributed by atoms with van der Waals surface area (Å²) in [4.78, 5) is 38.4. The van der Waals surface area contributed by atoms with Crippen molar-refractivity contribution in [3.63, 3.8) is 0 Å². The Labute approximate surface area is 515 Å². The quantitative estimate of drug-likeness (QED) is 0.0261. The summed E-state index contributed by atoms with van der Waals surface area (Å²) >= 11 is 0. The third-order valence-electron chi connectivity index (χ3n) is 15.6. The molecule has 0 amide bonds. The number of unbranched alkanes of at least 4 members (excludes halogenated alkanes) is 38. The smallest absolute Gasteiger partial charge is 0.306 e. The van der Waals surface area contributed by atoms with Crippen LogP contribution in [0.4, 0.5) is 0 Å². The number of rotatable bonds is 65. The Hall–Kier alpha value is -3.67. The monoisotopic (exact) mass is 1160 g/mol. The third-order valence-corrected chi connectivity index (χ3v) is 15.6. The van der Waals surface area contributed by atoms with Gasteiger partial charge in [0.25, 0.3) is 0 Å². The molecule has 0 aromatic heterocycles. The van der Waals surface area contributed by atoms with Gasteiger partial charge >= 0.3 is 17.9 Å². The first-order valence-electron chi connectivity index (χ1n) is 35.7. The predicted octanol–water partition coefficient (Wildman–Crippen LogP) is 24.8. The molecule has 0 spiro atoms.